The highest BCUT2D eigenvalue weighted by Crippen LogP contribution is 2.30. The van der Waals surface area contributed by atoms with Crippen LogP contribution in [0, 0.1) is 12.3 Å². The third kappa shape index (κ3) is 4.86. The van der Waals surface area contributed by atoms with Crippen LogP contribution in [0.25, 0.3) is 0 Å². The number of aryl methyl sites for hydroxylation is 1. The van der Waals surface area contributed by atoms with Gasteiger partial charge in [0.25, 0.3) is 0 Å². The lowest BCUT2D eigenvalue weighted by Gasteiger charge is -2.37. The number of nitrogens with zero attached hydrogens (tertiary/aromatic N) is 3. The molecule has 6 heteroatoms. The molecule has 6 nitrogen and oxygen atoms in total. The molecule has 2 aromatic rings. The van der Waals surface area contributed by atoms with Crippen LogP contribution in [-0.2, 0) is 11.2 Å². The normalized spacial score (nSPS) is 15.5. The Bertz CT molecular complexity index is 850. The highest BCUT2D eigenvalue weighted by molar-refractivity contribution is 5.88. The van der Waals surface area contributed by atoms with Gasteiger partial charge in [0.2, 0.25) is 5.91 Å². The van der Waals surface area contributed by atoms with Crippen molar-refractivity contribution >= 4 is 11.9 Å². The zero-order valence-electron chi connectivity index (χ0n) is 17.6. The lowest BCUT2D eigenvalue weighted by atomic mass is 9.84. The fraction of sp³-hybridized carbons (Fsp3) is 0.522. The van der Waals surface area contributed by atoms with E-state index in [-0.39, 0.29) is 22.9 Å². The molecule has 0 saturated carbocycles. The van der Waals surface area contributed by atoms with E-state index >= 15 is 0 Å². The number of aromatic carboxylic acids is 1. The van der Waals surface area contributed by atoms with E-state index in [1.807, 2.05) is 29.5 Å². The van der Waals surface area contributed by atoms with E-state index in [9.17, 15) is 14.7 Å². The van der Waals surface area contributed by atoms with Crippen LogP contribution < -0.4 is 0 Å². The average Bonchev–Trinajstić information content (AvgIpc) is 3.10. The van der Waals surface area contributed by atoms with Crippen LogP contribution in [0.1, 0.15) is 67.2 Å². The lowest BCUT2D eigenvalue weighted by molar-refractivity contribution is -0.142. The van der Waals surface area contributed by atoms with Gasteiger partial charge >= 0.3 is 5.97 Å². The van der Waals surface area contributed by atoms with Gasteiger partial charge in [-0.3, -0.25) is 9.48 Å². The van der Waals surface area contributed by atoms with Crippen LogP contribution in [0.3, 0.4) is 0 Å². The molecule has 2 heterocycles. The molecule has 1 fully saturated rings. The van der Waals surface area contributed by atoms with Gasteiger partial charge in [0.1, 0.15) is 5.56 Å². The topological polar surface area (TPSA) is 75.4 Å². The first-order valence-electron chi connectivity index (χ1n) is 10.4. The summed E-state index contributed by atoms with van der Waals surface area (Å²) in [5.41, 5.74) is 1.87. The molecule has 0 atom stereocenters. The fourth-order valence-corrected chi connectivity index (χ4v) is 4.23. The summed E-state index contributed by atoms with van der Waals surface area (Å²) in [5.74, 6) is -0.731. The molecule has 156 valence electrons. The van der Waals surface area contributed by atoms with Gasteiger partial charge in [0, 0.05) is 18.5 Å². The molecule has 0 aliphatic carbocycles. The van der Waals surface area contributed by atoms with Crippen LogP contribution in [0.5, 0.6) is 0 Å². The Morgan fingerprint density at radius 3 is 2.41 bits per heavy atom. The Hall–Kier alpha value is -2.63. The SMILES string of the molecule is Cc1c(C(=O)O)cnn1C1CCN(C(=O)C(C)(C)CCCc2ccccc2)CC1. The number of carbonyl (C=O) groups is 2. The van der Waals surface area contributed by atoms with Crippen LogP contribution in [0.15, 0.2) is 36.5 Å². The molecule has 0 unspecified atom stereocenters. The van der Waals surface area contributed by atoms with E-state index in [2.05, 4.69) is 29.4 Å². The number of carbonyl (C=O) groups excluding carboxylic acids is 1. The third-order valence-corrected chi connectivity index (χ3v) is 6.06. The van der Waals surface area contributed by atoms with Crippen molar-refractivity contribution < 1.29 is 14.7 Å². The maximum Gasteiger partial charge on any atom is 0.339 e. The summed E-state index contributed by atoms with van der Waals surface area (Å²) in [6, 6.07) is 10.5. The molecular weight excluding hydrogens is 366 g/mol. The molecule has 1 saturated heterocycles. The number of benzene rings is 1. The van der Waals surface area contributed by atoms with E-state index in [0.29, 0.717) is 18.8 Å². The minimum absolute atomic E-state index is 0.147. The summed E-state index contributed by atoms with van der Waals surface area (Å²) in [6.07, 6.45) is 5.86. The van der Waals surface area contributed by atoms with Gasteiger partial charge in [-0.1, -0.05) is 44.2 Å². The molecule has 3 rings (SSSR count). The summed E-state index contributed by atoms with van der Waals surface area (Å²) < 4.78 is 1.82. The highest BCUT2D eigenvalue weighted by atomic mass is 16.4. The quantitative estimate of drug-likeness (QED) is 0.763. The molecule has 0 bridgehead atoms. The second-order valence-corrected chi connectivity index (χ2v) is 8.64. The number of aromatic nitrogens is 2. The number of carboxylic acid groups (broad SMARTS) is 1. The van der Waals surface area contributed by atoms with Crippen molar-refractivity contribution in [1.82, 2.24) is 14.7 Å². The number of piperidine rings is 1. The maximum absolute atomic E-state index is 13.1. The van der Waals surface area contributed by atoms with Gasteiger partial charge in [-0.25, -0.2) is 4.79 Å². The van der Waals surface area contributed by atoms with Crippen LogP contribution in [-0.4, -0.2) is 44.8 Å². The number of amides is 1. The van der Waals surface area contributed by atoms with E-state index in [1.54, 1.807) is 6.92 Å². The molecule has 0 radical (unpaired) electrons. The second kappa shape index (κ2) is 8.80. The Balaban J connectivity index is 1.52. The van der Waals surface area contributed by atoms with Gasteiger partial charge in [-0.2, -0.15) is 5.10 Å². The largest absolute Gasteiger partial charge is 0.478 e. The predicted molar refractivity (Wildman–Crippen MR) is 112 cm³/mol. The second-order valence-electron chi connectivity index (χ2n) is 8.64. The average molecular weight is 398 g/mol. The molecule has 1 aromatic carbocycles. The minimum atomic E-state index is -0.946. The standard InChI is InChI=1S/C23H31N3O3/c1-17-20(21(27)28)16-24-26(17)19-11-14-25(15-12-19)22(29)23(2,3)13-7-10-18-8-5-4-6-9-18/h4-6,8-9,16,19H,7,10-15H2,1-3H3,(H,27,28). The number of hydrogen-bond donors (Lipinski definition) is 1. The smallest absolute Gasteiger partial charge is 0.339 e. The van der Waals surface area contributed by atoms with E-state index in [1.165, 1.54) is 11.8 Å². The first-order valence-corrected chi connectivity index (χ1v) is 10.4. The third-order valence-electron chi connectivity index (χ3n) is 6.06. The number of hydrogen-bond acceptors (Lipinski definition) is 3. The van der Waals surface area contributed by atoms with Gasteiger partial charge in [0.05, 0.1) is 17.9 Å². The van der Waals surface area contributed by atoms with Crippen molar-refractivity contribution in [2.24, 2.45) is 5.41 Å². The Labute approximate surface area is 172 Å². The Morgan fingerprint density at radius 2 is 1.83 bits per heavy atom. The molecule has 29 heavy (non-hydrogen) atoms. The fourth-order valence-electron chi connectivity index (χ4n) is 4.23. The number of likely N-dealkylation sites (tertiary alicyclic amines) is 1. The van der Waals surface area contributed by atoms with E-state index in [0.717, 1.165) is 32.1 Å². The van der Waals surface area contributed by atoms with Crippen LogP contribution >= 0.6 is 0 Å². The zero-order valence-corrected chi connectivity index (χ0v) is 17.6. The van der Waals surface area contributed by atoms with Crippen molar-refractivity contribution in [1.29, 1.82) is 0 Å². The van der Waals surface area contributed by atoms with Crippen molar-refractivity contribution in [3.63, 3.8) is 0 Å². The molecule has 1 aliphatic heterocycles. The van der Waals surface area contributed by atoms with Crippen molar-refractivity contribution in [3.8, 4) is 0 Å². The van der Waals surface area contributed by atoms with Crippen molar-refractivity contribution in [2.45, 2.75) is 58.9 Å². The molecule has 1 aliphatic rings. The number of carboxylic acids is 1. The summed E-state index contributed by atoms with van der Waals surface area (Å²) >= 11 is 0. The van der Waals surface area contributed by atoms with Gasteiger partial charge in [0.15, 0.2) is 0 Å². The van der Waals surface area contributed by atoms with Gasteiger partial charge < -0.3 is 10.0 Å². The van der Waals surface area contributed by atoms with Gasteiger partial charge in [-0.15, -0.1) is 0 Å². The number of rotatable bonds is 7. The minimum Gasteiger partial charge on any atom is -0.478 e. The molecule has 1 aromatic heterocycles. The summed E-state index contributed by atoms with van der Waals surface area (Å²) in [5, 5.41) is 13.5. The predicted octanol–water partition coefficient (Wildman–Crippen LogP) is 4.10. The Morgan fingerprint density at radius 1 is 1.17 bits per heavy atom. The maximum atomic E-state index is 13.1. The summed E-state index contributed by atoms with van der Waals surface area (Å²) in [6.45, 7) is 7.26. The van der Waals surface area contributed by atoms with E-state index in [4.69, 9.17) is 0 Å². The first-order chi connectivity index (χ1) is 13.8. The monoisotopic (exact) mass is 397 g/mol. The van der Waals surface area contributed by atoms with Crippen LogP contribution in [0.2, 0.25) is 0 Å². The van der Waals surface area contributed by atoms with Crippen molar-refractivity contribution in [2.75, 3.05) is 13.1 Å². The zero-order chi connectivity index (χ0) is 21.0. The highest BCUT2D eigenvalue weighted by Gasteiger charge is 2.34. The van der Waals surface area contributed by atoms with Gasteiger partial charge in [-0.05, 0) is 44.6 Å². The summed E-state index contributed by atoms with van der Waals surface area (Å²) in [4.78, 5) is 26.3. The molecule has 1 N–H and O–H groups in total. The van der Waals surface area contributed by atoms with E-state index < -0.39 is 5.97 Å². The van der Waals surface area contributed by atoms with Crippen LogP contribution in [0.4, 0.5) is 0 Å². The summed E-state index contributed by atoms with van der Waals surface area (Å²) in [7, 11) is 0. The first kappa shape index (κ1) is 21.1. The molecular formula is C23H31N3O3. The molecule has 1 amide bonds. The molecule has 0 spiro atoms. The van der Waals surface area contributed by atoms with Crippen molar-refractivity contribution in [3.05, 3.63) is 53.3 Å². The Kier molecular flexibility index (Phi) is 6.40. The lowest BCUT2D eigenvalue weighted by Crippen LogP contribution is -2.45.